The van der Waals surface area contributed by atoms with Crippen molar-refractivity contribution in [3.63, 3.8) is 0 Å². The van der Waals surface area contributed by atoms with Gasteiger partial charge in [-0.05, 0) is 30.0 Å². The van der Waals surface area contributed by atoms with Crippen LogP contribution in [0.3, 0.4) is 0 Å². The predicted octanol–water partition coefficient (Wildman–Crippen LogP) is 3.94. The summed E-state index contributed by atoms with van der Waals surface area (Å²) in [6.07, 6.45) is 3.55. The monoisotopic (exact) mass is 355 g/mol. The van der Waals surface area contributed by atoms with E-state index >= 15 is 0 Å². The Bertz CT molecular complexity index is 415. The fraction of sp³-hybridized carbons (Fsp3) is 0.588. The first-order valence-corrected chi connectivity index (χ1v) is 8.55. The molecule has 1 aromatic carbocycles. The molecule has 0 aliphatic carbocycles. The molecule has 3 nitrogen and oxygen atoms in total. The van der Waals surface area contributed by atoms with Gasteiger partial charge in [0.25, 0.3) is 0 Å². The smallest absolute Gasteiger partial charge is 0.220 e. The number of aryl methyl sites for hydroxylation is 1. The molecular formula is C17H26BrNO2. The number of alkyl halides is 1. The minimum absolute atomic E-state index is 0.112. The van der Waals surface area contributed by atoms with Crippen LogP contribution in [0, 0.1) is 5.92 Å². The molecule has 1 atom stereocenters. The topological polar surface area (TPSA) is 38.3 Å². The molecule has 0 aromatic heterocycles. The lowest BCUT2D eigenvalue weighted by molar-refractivity contribution is -0.121. The number of hydrogen-bond acceptors (Lipinski definition) is 2. The Hall–Kier alpha value is -1.03. The van der Waals surface area contributed by atoms with Crippen LogP contribution in [0.1, 0.15) is 38.7 Å². The maximum atomic E-state index is 11.9. The number of amides is 1. The second kappa shape index (κ2) is 9.82. The van der Waals surface area contributed by atoms with Crippen molar-refractivity contribution in [2.75, 3.05) is 13.7 Å². The van der Waals surface area contributed by atoms with Crippen LogP contribution < -0.4 is 10.1 Å². The van der Waals surface area contributed by atoms with Crippen molar-refractivity contribution in [2.45, 2.75) is 44.4 Å². The molecule has 0 bridgehead atoms. The molecule has 4 heteroatoms. The van der Waals surface area contributed by atoms with Crippen LogP contribution in [0.2, 0.25) is 0 Å². The molecule has 0 heterocycles. The van der Waals surface area contributed by atoms with Crippen molar-refractivity contribution in [1.82, 2.24) is 5.32 Å². The first kappa shape index (κ1) is 18.0. The van der Waals surface area contributed by atoms with Gasteiger partial charge in [-0.2, -0.15) is 0 Å². The Morgan fingerprint density at radius 1 is 1.24 bits per heavy atom. The average molecular weight is 356 g/mol. The van der Waals surface area contributed by atoms with E-state index in [1.54, 1.807) is 7.11 Å². The minimum atomic E-state index is 0.112. The van der Waals surface area contributed by atoms with E-state index in [9.17, 15) is 4.79 Å². The van der Waals surface area contributed by atoms with Gasteiger partial charge in [-0.25, -0.2) is 0 Å². The van der Waals surface area contributed by atoms with Gasteiger partial charge >= 0.3 is 0 Å². The lowest BCUT2D eigenvalue weighted by atomic mass is 9.99. The molecule has 1 amide bonds. The minimum Gasteiger partial charge on any atom is -0.497 e. The number of benzene rings is 1. The predicted molar refractivity (Wildman–Crippen MR) is 91.1 cm³/mol. The molecule has 0 aliphatic heterocycles. The van der Waals surface area contributed by atoms with E-state index < -0.39 is 0 Å². The van der Waals surface area contributed by atoms with Crippen LogP contribution in [0.5, 0.6) is 5.75 Å². The summed E-state index contributed by atoms with van der Waals surface area (Å²) in [7, 11) is 1.65. The lowest BCUT2D eigenvalue weighted by Crippen LogP contribution is -2.33. The van der Waals surface area contributed by atoms with Crippen molar-refractivity contribution in [2.24, 2.45) is 5.92 Å². The van der Waals surface area contributed by atoms with Crippen molar-refractivity contribution in [3.8, 4) is 5.75 Å². The molecule has 0 saturated carbocycles. The van der Waals surface area contributed by atoms with E-state index in [1.165, 1.54) is 0 Å². The second-order valence-corrected chi connectivity index (χ2v) is 6.42. The number of hydrogen-bond donors (Lipinski definition) is 1. The summed E-state index contributed by atoms with van der Waals surface area (Å²) >= 11 is 3.68. The van der Waals surface area contributed by atoms with Crippen LogP contribution in [0.25, 0.3) is 0 Å². The first-order chi connectivity index (χ1) is 10.1. The zero-order chi connectivity index (χ0) is 15.7. The van der Waals surface area contributed by atoms with Crippen molar-refractivity contribution >= 4 is 21.8 Å². The van der Waals surface area contributed by atoms with E-state index in [4.69, 9.17) is 4.74 Å². The highest BCUT2D eigenvalue weighted by molar-refractivity contribution is 9.09. The van der Waals surface area contributed by atoms with Crippen LogP contribution in [0.15, 0.2) is 24.3 Å². The first-order valence-electron chi connectivity index (χ1n) is 7.64. The summed E-state index contributed by atoms with van der Waals surface area (Å²) in [5.41, 5.74) is 1.15. The summed E-state index contributed by atoms with van der Waals surface area (Å²) in [6, 6.07) is 7.86. The normalized spacial score (nSPS) is 12.2. The van der Waals surface area contributed by atoms with Gasteiger partial charge in [0, 0.05) is 17.8 Å². The summed E-state index contributed by atoms with van der Waals surface area (Å²) < 4.78 is 5.12. The summed E-state index contributed by atoms with van der Waals surface area (Å²) in [5.74, 6) is 1.57. The van der Waals surface area contributed by atoms with E-state index in [-0.39, 0.29) is 5.91 Å². The maximum absolute atomic E-state index is 11.9. The van der Waals surface area contributed by atoms with E-state index in [0.29, 0.717) is 23.7 Å². The van der Waals surface area contributed by atoms with Crippen LogP contribution >= 0.6 is 15.9 Å². The molecule has 1 N–H and O–H groups in total. The molecule has 0 saturated heterocycles. The van der Waals surface area contributed by atoms with Gasteiger partial charge in [-0.1, -0.05) is 54.8 Å². The molecule has 0 spiro atoms. The van der Waals surface area contributed by atoms with E-state index in [0.717, 1.165) is 30.6 Å². The van der Waals surface area contributed by atoms with Gasteiger partial charge in [0.1, 0.15) is 5.75 Å². The van der Waals surface area contributed by atoms with Gasteiger partial charge in [0.05, 0.1) is 7.11 Å². The number of methoxy groups -OCH3 is 1. The molecule has 0 fully saturated rings. The van der Waals surface area contributed by atoms with Gasteiger partial charge in [0.2, 0.25) is 5.91 Å². The Labute approximate surface area is 136 Å². The SMILES string of the molecule is CCC(CC)C(Br)CNC(=O)CCc1ccc(OC)cc1. The lowest BCUT2D eigenvalue weighted by Gasteiger charge is -2.19. The summed E-state index contributed by atoms with van der Waals surface area (Å²) in [4.78, 5) is 12.2. The molecule has 1 aromatic rings. The fourth-order valence-electron chi connectivity index (χ4n) is 2.32. The molecule has 0 radical (unpaired) electrons. The highest BCUT2D eigenvalue weighted by Gasteiger charge is 2.15. The molecule has 1 unspecified atom stereocenters. The zero-order valence-electron chi connectivity index (χ0n) is 13.2. The van der Waals surface area contributed by atoms with Gasteiger partial charge < -0.3 is 10.1 Å². The third kappa shape index (κ3) is 6.51. The Morgan fingerprint density at radius 2 is 1.86 bits per heavy atom. The van der Waals surface area contributed by atoms with Crippen molar-refractivity contribution in [3.05, 3.63) is 29.8 Å². The number of ether oxygens (including phenoxy) is 1. The van der Waals surface area contributed by atoms with E-state index in [2.05, 4.69) is 35.1 Å². The third-order valence-corrected chi connectivity index (χ3v) is 4.93. The highest BCUT2D eigenvalue weighted by Crippen LogP contribution is 2.19. The Balaban J connectivity index is 2.30. The highest BCUT2D eigenvalue weighted by atomic mass is 79.9. The Kier molecular flexibility index (Phi) is 8.43. The zero-order valence-corrected chi connectivity index (χ0v) is 14.8. The molecule has 1 rings (SSSR count). The number of carbonyl (C=O) groups is 1. The largest absolute Gasteiger partial charge is 0.497 e. The van der Waals surface area contributed by atoms with Gasteiger partial charge in [-0.15, -0.1) is 0 Å². The Morgan fingerprint density at radius 3 is 2.38 bits per heavy atom. The van der Waals surface area contributed by atoms with E-state index in [1.807, 2.05) is 24.3 Å². The summed E-state index contributed by atoms with van der Waals surface area (Å²) in [5, 5.41) is 3.01. The maximum Gasteiger partial charge on any atom is 0.220 e. The second-order valence-electron chi connectivity index (χ2n) is 5.24. The number of nitrogens with one attached hydrogen (secondary N) is 1. The van der Waals surface area contributed by atoms with Crippen molar-refractivity contribution in [1.29, 1.82) is 0 Å². The molecular weight excluding hydrogens is 330 g/mol. The van der Waals surface area contributed by atoms with Crippen LogP contribution in [-0.4, -0.2) is 24.4 Å². The quantitative estimate of drug-likeness (QED) is 0.681. The number of carbonyl (C=O) groups excluding carboxylic acids is 1. The van der Waals surface area contributed by atoms with Crippen LogP contribution in [-0.2, 0) is 11.2 Å². The van der Waals surface area contributed by atoms with Gasteiger partial charge in [-0.3, -0.25) is 4.79 Å². The molecule has 0 aliphatic rings. The van der Waals surface area contributed by atoms with Crippen molar-refractivity contribution < 1.29 is 9.53 Å². The number of halogens is 1. The van der Waals surface area contributed by atoms with Gasteiger partial charge in [0.15, 0.2) is 0 Å². The fourth-order valence-corrected chi connectivity index (χ4v) is 3.23. The number of rotatable bonds is 9. The standard InChI is InChI=1S/C17H26BrNO2/c1-4-14(5-2)16(18)12-19-17(20)11-8-13-6-9-15(21-3)10-7-13/h6-7,9-10,14,16H,4-5,8,11-12H2,1-3H3,(H,19,20). The van der Waals surface area contributed by atoms with Crippen LogP contribution in [0.4, 0.5) is 0 Å². The summed E-state index contributed by atoms with van der Waals surface area (Å²) in [6.45, 7) is 5.08. The molecule has 21 heavy (non-hydrogen) atoms. The third-order valence-electron chi connectivity index (χ3n) is 3.85. The molecule has 118 valence electrons. The average Bonchev–Trinajstić information content (AvgIpc) is 2.52.